The van der Waals surface area contributed by atoms with Gasteiger partial charge in [0.1, 0.15) is 5.82 Å². The highest BCUT2D eigenvalue weighted by Gasteiger charge is 2.35. The zero-order chi connectivity index (χ0) is 14.0. The van der Waals surface area contributed by atoms with Gasteiger partial charge in [0.15, 0.2) is 0 Å². The number of hydrogen-bond acceptors (Lipinski definition) is 6. The average molecular weight is 274 g/mol. The van der Waals surface area contributed by atoms with E-state index in [9.17, 15) is 13.2 Å². The zero-order valence-corrected chi connectivity index (χ0v) is 9.62. The molecule has 2 heterocycles. The summed E-state index contributed by atoms with van der Waals surface area (Å²) in [6, 6.07) is 2.63. The molecule has 0 spiro atoms. The third-order valence-corrected chi connectivity index (χ3v) is 2.00. The third-order valence-electron chi connectivity index (χ3n) is 2.00. The van der Waals surface area contributed by atoms with Gasteiger partial charge in [-0.25, -0.2) is 10.8 Å². The summed E-state index contributed by atoms with van der Waals surface area (Å²) < 4.78 is 42.8. The molecular formula is C9H9F3N6O. The molecule has 0 bridgehead atoms. The van der Waals surface area contributed by atoms with E-state index >= 15 is 0 Å². The lowest BCUT2D eigenvalue weighted by atomic mass is 10.5. The number of anilines is 1. The smallest absolute Gasteiger partial charge is 0.419 e. The number of nitrogens with one attached hydrogen (secondary N) is 2. The molecule has 0 saturated heterocycles. The highest BCUT2D eigenvalue weighted by atomic mass is 19.4. The number of rotatable bonds is 3. The largest absolute Gasteiger partial charge is 0.451 e. The number of hydrogen-bond donors (Lipinski definition) is 3. The van der Waals surface area contributed by atoms with Crippen molar-refractivity contribution in [2.45, 2.75) is 13.1 Å². The monoisotopic (exact) mass is 274 g/mol. The van der Waals surface area contributed by atoms with Crippen molar-refractivity contribution in [3.05, 3.63) is 23.7 Å². The van der Waals surface area contributed by atoms with E-state index in [0.29, 0.717) is 5.69 Å². The molecule has 19 heavy (non-hydrogen) atoms. The summed E-state index contributed by atoms with van der Waals surface area (Å²) in [5.74, 6) is 3.24. The maximum absolute atomic E-state index is 12.6. The Morgan fingerprint density at radius 1 is 1.26 bits per heavy atom. The van der Waals surface area contributed by atoms with Gasteiger partial charge in [-0.1, -0.05) is 0 Å². The van der Waals surface area contributed by atoms with Gasteiger partial charge in [-0.2, -0.15) is 18.2 Å². The minimum atomic E-state index is -4.70. The molecular weight excluding hydrogens is 265 g/mol. The van der Waals surface area contributed by atoms with Crippen LogP contribution < -0.4 is 16.0 Å². The normalized spacial score (nSPS) is 11.4. The van der Waals surface area contributed by atoms with Crippen molar-refractivity contribution in [2.75, 3.05) is 5.43 Å². The number of aryl methyl sites for hydroxylation is 1. The molecule has 0 saturated carbocycles. The summed E-state index contributed by atoms with van der Waals surface area (Å²) in [5.41, 5.74) is 2.70. The Kier molecular flexibility index (Phi) is 3.25. The highest BCUT2D eigenvalue weighted by molar-refractivity contribution is 5.38. The van der Waals surface area contributed by atoms with Gasteiger partial charge in [-0.3, -0.25) is 5.10 Å². The SMILES string of the molecule is Cc1cc(Oc2cc(NN)nc(C(F)(F)F)n2)n[nH]1. The van der Waals surface area contributed by atoms with Gasteiger partial charge >= 0.3 is 6.18 Å². The van der Waals surface area contributed by atoms with Crippen LogP contribution in [-0.2, 0) is 6.18 Å². The first kappa shape index (κ1) is 13.1. The van der Waals surface area contributed by atoms with Crippen LogP contribution in [0.2, 0.25) is 0 Å². The van der Waals surface area contributed by atoms with Crippen molar-refractivity contribution in [2.24, 2.45) is 5.84 Å². The summed E-state index contributed by atoms with van der Waals surface area (Å²) in [6.45, 7) is 1.72. The molecule has 0 amide bonds. The van der Waals surface area contributed by atoms with Gasteiger partial charge in [-0.05, 0) is 6.92 Å². The fourth-order valence-corrected chi connectivity index (χ4v) is 1.23. The minimum absolute atomic E-state index is 0.0901. The van der Waals surface area contributed by atoms with Crippen molar-refractivity contribution in [3.8, 4) is 11.8 Å². The van der Waals surface area contributed by atoms with Crippen LogP contribution in [0.4, 0.5) is 19.0 Å². The van der Waals surface area contributed by atoms with E-state index in [4.69, 9.17) is 10.6 Å². The number of hydrazine groups is 1. The van der Waals surface area contributed by atoms with Gasteiger partial charge in [0.2, 0.25) is 17.6 Å². The molecule has 0 fully saturated rings. The Morgan fingerprint density at radius 2 is 2.00 bits per heavy atom. The quantitative estimate of drug-likeness (QED) is 0.580. The fraction of sp³-hybridized carbons (Fsp3) is 0.222. The van der Waals surface area contributed by atoms with Crippen molar-refractivity contribution < 1.29 is 17.9 Å². The molecule has 0 unspecified atom stereocenters. The van der Waals surface area contributed by atoms with E-state index in [0.717, 1.165) is 6.07 Å². The van der Waals surface area contributed by atoms with E-state index < -0.39 is 12.0 Å². The van der Waals surface area contributed by atoms with E-state index in [2.05, 4.69) is 20.2 Å². The summed E-state index contributed by atoms with van der Waals surface area (Å²) in [6.07, 6.45) is -4.70. The number of alkyl halides is 3. The van der Waals surface area contributed by atoms with E-state index in [1.807, 2.05) is 5.43 Å². The van der Waals surface area contributed by atoms with Gasteiger partial charge in [0.25, 0.3) is 0 Å². The fourth-order valence-electron chi connectivity index (χ4n) is 1.23. The zero-order valence-electron chi connectivity index (χ0n) is 9.62. The molecule has 0 aliphatic heterocycles. The van der Waals surface area contributed by atoms with Crippen molar-refractivity contribution >= 4 is 5.82 Å². The number of nitrogen functional groups attached to an aromatic ring is 1. The first-order chi connectivity index (χ1) is 8.88. The maximum Gasteiger partial charge on any atom is 0.451 e. The molecule has 0 aliphatic carbocycles. The van der Waals surface area contributed by atoms with Crippen LogP contribution in [0.25, 0.3) is 0 Å². The molecule has 102 valence electrons. The van der Waals surface area contributed by atoms with Gasteiger partial charge in [-0.15, -0.1) is 5.10 Å². The van der Waals surface area contributed by atoms with Crippen LogP contribution in [0.15, 0.2) is 12.1 Å². The van der Waals surface area contributed by atoms with Gasteiger partial charge in [0.05, 0.1) is 0 Å². The van der Waals surface area contributed by atoms with Crippen LogP contribution in [0, 0.1) is 6.92 Å². The topological polar surface area (TPSA) is 102 Å². The Bertz CT molecular complexity index is 582. The second-order valence-corrected chi connectivity index (χ2v) is 3.55. The van der Waals surface area contributed by atoms with Gasteiger partial charge in [0, 0.05) is 17.8 Å². The van der Waals surface area contributed by atoms with Crippen LogP contribution in [0.5, 0.6) is 11.8 Å². The first-order valence-electron chi connectivity index (χ1n) is 5.01. The molecule has 2 aromatic heterocycles. The Labute approximate surface area is 105 Å². The van der Waals surface area contributed by atoms with Crippen LogP contribution >= 0.6 is 0 Å². The first-order valence-corrected chi connectivity index (χ1v) is 5.01. The average Bonchev–Trinajstić information content (AvgIpc) is 2.73. The second-order valence-electron chi connectivity index (χ2n) is 3.55. The third kappa shape index (κ3) is 3.10. The van der Waals surface area contributed by atoms with E-state index in [-0.39, 0.29) is 17.6 Å². The Hall–Kier alpha value is -2.36. The van der Waals surface area contributed by atoms with Crippen molar-refractivity contribution in [3.63, 3.8) is 0 Å². The lowest BCUT2D eigenvalue weighted by molar-refractivity contribution is -0.145. The summed E-state index contributed by atoms with van der Waals surface area (Å²) in [7, 11) is 0. The number of nitrogens with two attached hydrogens (primary N) is 1. The van der Waals surface area contributed by atoms with Crippen molar-refractivity contribution in [1.82, 2.24) is 20.2 Å². The summed E-state index contributed by atoms with van der Waals surface area (Å²) >= 11 is 0. The lowest BCUT2D eigenvalue weighted by Gasteiger charge is -2.09. The summed E-state index contributed by atoms with van der Waals surface area (Å²) in [5, 5.41) is 6.30. The standard InChI is InChI=1S/C9H9F3N6O/c1-4-2-7(18-17-4)19-6-3-5(16-13)14-8(15-6)9(10,11)12/h2-3H,13H2,1H3,(H,17,18)(H,14,15,16). The predicted molar refractivity (Wildman–Crippen MR) is 58.2 cm³/mol. The molecule has 10 heteroatoms. The van der Waals surface area contributed by atoms with Gasteiger partial charge < -0.3 is 10.2 Å². The number of ether oxygens (including phenoxy) is 1. The summed E-state index contributed by atoms with van der Waals surface area (Å²) in [4.78, 5) is 6.44. The van der Waals surface area contributed by atoms with Crippen molar-refractivity contribution in [1.29, 1.82) is 0 Å². The number of halogens is 3. The Balaban J connectivity index is 2.34. The van der Waals surface area contributed by atoms with Crippen LogP contribution in [-0.4, -0.2) is 20.2 Å². The maximum atomic E-state index is 12.6. The minimum Gasteiger partial charge on any atom is -0.419 e. The molecule has 2 aromatic rings. The highest BCUT2D eigenvalue weighted by Crippen LogP contribution is 2.29. The van der Waals surface area contributed by atoms with Crippen LogP contribution in [0.3, 0.4) is 0 Å². The second kappa shape index (κ2) is 4.72. The Morgan fingerprint density at radius 3 is 2.53 bits per heavy atom. The molecule has 0 aromatic carbocycles. The predicted octanol–water partition coefficient (Wildman–Crippen LogP) is 1.60. The number of aromatic nitrogens is 4. The lowest BCUT2D eigenvalue weighted by Crippen LogP contribution is -2.16. The molecule has 0 aliphatic rings. The molecule has 0 radical (unpaired) electrons. The molecule has 4 N–H and O–H groups in total. The molecule has 7 nitrogen and oxygen atoms in total. The number of H-pyrrole nitrogens is 1. The number of nitrogens with zero attached hydrogens (tertiary/aromatic N) is 3. The molecule has 2 rings (SSSR count). The van der Waals surface area contributed by atoms with E-state index in [1.165, 1.54) is 6.07 Å². The van der Waals surface area contributed by atoms with Crippen LogP contribution in [0.1, 0.15) is 11.5 Å². The molecule has 0 atom stereocenters. The van der Waals surface area contributed by atoms with E-state index in [1.54, 1.807) is 6.92 Å². The number of aromatic amines is 1.